The number of hydrogen-bond donors (Lipinski definition) is 0. The molecule has 1 aromatic heterocycles. The molecule has 21 heavy (non-hydrogen) atoms. The monoisotopic (exact) mass is 303 g/mol. The van der Waals surface area contributed by atoms with E-state index in [-0.39, 0.29) is 5.15 Å². The summed E-state index contributed by atoms with van der Waals surface area (Å²) >= 11 is 5.98. The predicted molar refractivity (Wildman–Crippen MR) is 89.3 cm³/mol. The lowest BCUT2D eigenvalue weighted by Crippen LogP contribution is -1.99. The van der Waals surface area contributed by atoms with Crippen LogP contribution in [0.5, 0.6) is 0 Å². The Bertz CT molecular complexity index is 624. The van der Waals surface area contributed by atoms with Crippen LogP contribution < -0.4 is 0 Å². The summed E-state index contributed by atoms with van der Waals surface area (Å²) < 4.78 is 0. The van der Waals surface area contributed by atoms with Gasteiger partial charge in [0.2, 0.25) is 0 Å². The third-order valence-electron chi connectivity index (χ3n) is 3.96. The van der Waals surface area contributed by atoms with Gasteiger partial charge in [-0.15, -0.1) is 0 Å². The molecular weight excluding hydrogens is 282 g/mol. The average Bonchev–Trinajstić information content (AvgIpc) is 2.50. The largest absolute Gasteiger partial charge is 0.298 e. The maximum absolute atomic E-state index is 11.0. The number of nitrogens with zero attached hydrogens (tertiary/aromatic N) is 1. The normalized spacial score (nSPS) is 12.5. The second-order valence-corrected chi connectivity index (χ2v) is 5.92. The van der Waals surface area contributed by atoms with Crippen molar-refractivity contribution in [3.8, 4) is 0 Å². The lowest BCUT2D eigenvalue weighted by Gasteiger charge is -2.17. The van der Waals surface area contributed by atoms with Gasteiger partial charge in [0.25, 0.3) is 0 Å². The standard InChI is InChI=1S/C18H22ClNO/c1-3-5-7-13(6-4-2)14-8-9-17-15(10-14)11-16(12-21)18(19)20-17/h8-13H,3-7H2,1-2H3. The first kappa shape index (κ1) is 16.0. The van der Waals surface area contributed by atoms with Crippen molar-refractivity contribution in [3.05, 3.63) is 40.5 Å². The SMILES string of the molecule is CCCCC(CCC)c1ccc2nc(Cl)c(C=O)cc2c1. The number of rotatable bonds is 7. The Labute approximate surface area is 131 Å². The Morgan fingerprint density at radius 2 is 2.00 bits per heavy atom. The number of carbonyl (C=O) groups is 1. The second-order valence-electron chi connectivity index (χ2n) is 5.57. The number of aromatic nitrogens is 1. The van der Waals surface area contributed by atoms with E-state index in [1.165, 1.54) is 37.7 Å². The Hall–Kier alpha value is -1.41. The van der Waals surface area contributed by atoms with Crippen LogP contribution in [0.1, 0.15) is 67.8 Å². The number of carbonyl (C=O) groups excluding carboxylic acids is 1. The highest BCUT2D eigenvalue weighted by atomic mass is 35.5. The van der Waals surface area contributed by atoms with Gasteiger partial charge in [-0.3, -0.25) is 4.79 Å². The first-order chi connectivity index (χ1) is 10.2. The number of fused-ring (bicyclic) bond motifs is 1. The molecule has 1 heterocycles. The molecule has 1 unspecified atom stereocenters. The fourth-order valence-corrected chi connectivity index (χ4v) is 2.99. The van der Waals surface area contributed by atoms with Crippen LogP contribution in [0.15, 0.2) is 24.3 Å². The van der Waals surface area contributed by atoms with Crippen LogP contribution in [0.4, 0.5) is 0 Å². The summed E-state index contributed by atoms with van der Waals surface area (Å²) in [6.07, 6.45) is 6.85. The maximum atomic E-state index is 11.0. The van der Waals surface area contributed by atoms with E-state index in [0.29, 0.717) is 11.5 Å². The van der Waals surface area contributed by atoms with Crippen LogP contribution in [-0.2, 0) is 0 Å². The molecule has 2 rings (SSSR count). The summed E-state index contributed by atoms with van der Waals surface area (Å²) in [6.45, 7) is 4.46. The predicted octanol–water partition coefficient (Wildman–Crippen LogP) is 5.77. The molecule has 112 valence electrons. The minimum absolute atomic E-state index is 0.279. The molecule has 0 bridgehead atoms. The highest BCUT2D eigenvalue weighted by Crippen LogP contribution is 2.30. The lowest BCUT2D eigenvalue weighted by molar-refractivity contribution is 0.112. The van der Waals surface area contributed by atoms with Crippen LogP contribution in [0.3, 0.4) is 0 Å². The Morgan fingerprint density at radius 1 is 1.19 bits per heavy atom. The molecule has 0 aliphatic carbocycles. The zero-order valence-corrected chi connectivity index (χ0v) is 13.5. The zero-order chi connectivity index (χ0) is 15.2. The number of hydrogen-bond acceptors (Lipinski definition) is 2. The Balaban J connectivity index is 2.39. The fraction of sp³-hybridized carbons (Fsp3) is 0.444. The molecule has 3 heteroatoms. The maximum Gasteiger partial charge on any atom is 0.153 e. The van der Waals surface area contributed by atoms with Gasteiger partial charge in [-0.05, 0) is 42.5 Å². The quantitative estimate of drug-likeness (QED) is 0.480. The highest BCUT2D eigenvalue weighted by molar-refractivity contribution is 6.32. The highest BCUT2D eigenvalue weighted by Gasteiger charge is 2.12. The van der Waals surface area contributed by atoms with Crippen LogP contribution >= 0.6 is 11.6 Å². The summed E-state index contributed by atoms with van der Waals surface area (Å²) in [7, 11) is 0. The van der Waals surface area contributed by atoms with Gasteiger partial charge in [0.05, 0.1) is 11.1 Å². The molecule has 0 radical (unpaired) electrons. The van der Waals surface area contributed by atoms with Crippen molar-refractivity contribution >= 4 is 28.8 Å². The number of halogens is 1. The molecule has 0 saturated heterocycles. The van der Waals surface area contributed by atoms with E-state index in [9.17, 15) is 4.79 Å². The van der Waals surface area contributed by atoms with E-state index in [4.69, 9.17) is 11.6 Å². The van der Waals surface area contributed by atoms with Crippen molar-refractivity contribution in [1.82, 2.24) is 4.98 Å². The minimum atomic E-state index is 0.279. The van der Waals surface area contributed by atoms with Crippen molar-refractivity contribution in [2.75, 3.05) is 0 Å². The summed E-state index contributed by atoms with van der Waals surface area (Å²) in [5, 5.41) is 1.28. The average molecular weight is 304 g/mol. The number of pyridine rings is 1. The van der Waals surface area contributed by atoms with Crippen LogP contribution in [0.2, 0.25) is 5.15 Å². The van der Waals surface area contributed by atoms with Gasteiger partial charge in [-0.2, -0.15) is 0 Å². The van der Waals surface area contributed by atoms with Gasteiger partial charge in [-0.25, -0.2) is 4.98 Å². The molecule has 0 saturated carbocycles. The van der Waals surface area contributed by atoms with E-state index in [1.54, 1.807) is 0 Å². The number of unbranched alkanes of at least 4 members (excludes halogenated alkanes) is 1. The molecule has 0 fully saturated rings. The first-order valence-electron chi connectivity index (χ1n) is 7.75. The summed E-state index contributed by atoms with van der Waals surface area (Å²) in [5.41, 5.74) is 2.65. The van der Waals surface area contributed by atoms with Gasteiger partial charge < -0.3 is 0 Å². The van der Waals surface area contributed by atoms with E-state index in [0.717, 1.165) is 17.2 Å². The van der Waals surface area contributed by atoms with Crippen LogP contribution in [0.25, 0.3) is 10.9 Å². The molecule has 0 N–H and O–H groups in total. The molecule has 2 aromatic rings. The molecule has 0 spiro atoms. The van der Waals surface area contributed by atoms with E-state index >= 15 is 0 Å². The van der Waals surface area contributed by atoms with Crippen LogP contribution in [-0.4, -0.2) is 11.3 Å². The van der Waals surface area contributed by atoms with Gasteiger partial charge in [0, 0.05) is 5.39 Å². The molecule has 1 atom stereocenters. The van der Waals surface area contributed by atoms with E-state index in [2.05, 4.69) is 31.0 Å². The minimum Gasteiger partial charge on any atom is -0.298 e. The van der Waals surface area contributed by atoms with Gasteiger partial charge in [0.1, 0.15) is 5.15 Å². The number of aldehydes is 1. The topological polar surface area (TPSA) is 30.0 Å². The summed E-state index contributed by atoms with van der Waals surface area (Å²) in [5.74, 6) is 0.592. The smallest absolute Gasteiger partial charge is 0.153 e. The lowest BCUT2D eigenvalue weighted by atomic mass is 9.89. The van der Waals surface area contributed by atoms with Crippen LogP contribution in [0, 0.1) is 0 Å². The van der Waals surface area contributed by atoms with Gasteiger partial charge in [0.15, 0.2) is 6.29 Å². The van der Waals surface area contributed by atoms with Gasteiger partial charge in [-0.1, -0.05) is 50.8 Å². The first-order valence-corrected chi connectivity index (χ1v) is 8.12. The van der Waals surface area contributed by atoms with Crippen molar-refractivity contribution in [2.45, 2.75) is 51.9 Å². The molecule has 2 nitrogen and oxygen atoms in total. The zero-order valence-electron chi connectivity index (χ0n) is 12.7. The summed E-state index contributed by atoms with van der Waals surface area (Å²) in [6, 6.07) is 8.17. The fourth-order valence-electron chi connectivity index (χ4n) is 2.80. The third kappa shape index (κ3) is 3.82. The third-order valence-corrected chi connectivity index (χ3v) is 4.26. The molecule has 0 amide bonds. The Morgan fingerprint density at radius 3 is 2.67 bits per heavy atom. The molecule has 0 aliphatic heterocycles. The van der Waals surface area contributed by atoms with Crippen molar-refractivity contribution in [2.24, 2.45) is 0 Å². The molecule has 0 aliphatic rings. The van der Waals surface area contributed by atoms with E-state index in [1.807, 2.05) is 12.1 Å². The van der Waals surface area contributed by atoms with Gasteiger partial charge >= 0.3 is 0 Å². The Kier molecular flexibility index (Phi) is 5.75. The molecule has 1 aromatic carbocycles. The second kappa shape index (κ2) is 7.56. The summed E-state index contributed by atoms with van der Waals surface area (Å²) in [4.78, 5) is 15.3. The van der Waals surface area contributed by atoms with Crippen molar-refractivity contribution in [3.63, 3.8) is 0 Å². The van der Waals surface area contributed by atoms with Crippen molar-refractivity contribution in [1.29, 1.82) is 0 Å². The molecular formula is C18H22ClNO. The number of benzene rings is 1. The van der Waals surface area contributed by atoms with E-state index < -0.39 is 0 Å². The van der Waals surface area contributed by atoms with Crippen molar-refractivity contribution < 1.29 is 4.79 Å².